The Bertz CT molecular complexity index is 553. The van der Waals surface area contributed by atoms with Gasteiger partial charge in [-0.05, 0) is 35.9 Å². The molecule has 0 unspecified atom stereocenters. The Morgan fingerprint density at radius 1 is 1.05 bits per heavy atom. The molecule has 0 spiro atoms. The summed E-state index contributed by atoms with van der Waals surface area (Å²) in [6.45, 7) is 0.337. The number of anilines is 2. The summed E-state index contributed by atoms with van der Waals surface area (Å²) in [6, 6.07) is 10.2. The van der Waals surface area contributed by atoms with Crippen LogP contribution in [0.5, 0.6) is 0 Å². The summed E-state index contributed by atoms with van der Waals surface area (Å²) in [6.07, 6.45) is -2.60. The van der Waals surface area contributed by atoms with Crippen LogP contribution < -0.4 is 11.1 Å². The highest BCUT2D eigenvalue weighted by Gasteiger charge is 2.13. The summed E-state index contributed by atoms with van der Waals surface area (Å²) in [7, 11) is 0. The first-order chi connectivity index (χ1) is 9.06. The zero-order valence-corrected chi connectivity index (χ0v) is 10.0. The molecule has 0 aromatic heterocycles. The van der Waals surface area contributed by atoms with Gasteiger partial charge in [0.1, 0.15) is 5.82 Å². The second-order valence-corrected chi connectivity index (χ2v) is 4.13. The molecule has 0 aliphatic carbocycles. The van der Waals surface area contributed by atoms with Gasteiger partial charge in [-0.15, -0.1) is 0 Å². The van der Waals surface area contributed by atoms with Crippen molar-refractivity contribution in [2.75, 3.05) is 11.1 Å². The molecule has 0 saturated carbocycles. The van der Waals surface area contributed by atoms with Crippen molar-refractivity contribution in [1.82, 2.24) is 0 Å². The minimum atomic E-state index is -2.60. The van der Waals surface area contributed by atoms with Gasteiger partial charge in [-0.25, -0.2) is 13.2 Å². The number of rotatable bonds is 4. The second kappa shape index (κ2) is 5.65. The zero-order chi connectivity index (χ0) is 13.8. The van der Waals surface area contributed by atoms with Gasteiger partial charge in [0.15, 0.2) is 0 Å². The van der Waals surface area contributed by atoms with Crippen molar-refractivity contribution in [1.29, 1.82) is 0 Å². The molecule has 19 heavy (non-hydrogen) atoms. The van der Waals surface area contributed by atoms with Gasteiger partial charge in [0.25, 0.3) is 6.43 Å². The van der Waals surface area contributed by atoms with Crippen LogP contribution in [0.25, 0.3) is 0 Å². The van der Waals surface area contributed by atoms with Crippen LogP contribution in [0.15, 0.2) is 42.5 Å². The van der Waals surface area contributed by atoms with Crippen molar-refractivity contribution >= 4 is 11.4 Å². The van der Waals surface area contributed by atoms with Gasteiger partial charge >= 0.3 is 0 Å². The van der Waals surface area contributed by atoms with Crippen LogP contribution in [0.4, 0.5) is 24.5 Å². The van der Waals surface area contributed by atoms with E-state index in [2.05, 4.69) is 5.32 Å². The molecule has 0 aliphatic rings. The molecule has 0 saturated heterocycles. The van der Waals surface area contributed by atoms with E-state index in [4.69, 9.17) is 5.73 Å². The van der Waals surface area contributed by atoms with Gasteiger partial charge in [0.05, 0.1) is 0 Å². The lowest BCUT2D eigenvalue weighted by molar-refractivity contribution is 0.152. The number of nitrogen functional groups attached to an aromatic ring is 1. The van der Waals surface area contributed by atoms with Gasteiger partial charge < -0.3 is 11.1 Å². The highest BCUT2D eigenvalue weighted by atomic mass is 19.3. The summed E-state index contributed by atoms with van der Waals surface area (Å²) in [5, 5.41) is 2.90. The fraction of sp³-hybridized carbons (Fsp3) is 0.143. The predicted molar refractivity (Wildman–Crippen MR) is 69.5 cm³/mol. The third-order valence-electron chi connectivity index (χ3n) is 2.71. The topological polar surface area (TPSA) is 38.0 Å². The maximum Gasteiger partial charge on any atom is 0.265 e. The Labute approximate surface area is 109 Å². The van der Waals surface area contributed by atoms with Gasteiger partial charge in [0, 0.05) is 23.5 Å². The van der Waals surface area contributed by atoms with Crippen LogP contribution in [0, 0.1) is 5.82 Å². The molecule has 0 fully saturated rings. The van der Waals surface area contributed by atoms with Crippen LogP contribution in [-0.4, -0.2) is 0 Å². The SMILES string of the molecule is Nc1ccc(NCc2ccc(F)cc2)c(C(F)F)c1. The standard InChI is InChI=1S/C14H13F3N2/c15-10-3-1-9(2-4-10)8-19-13-6-5-11(18)7-12(13)14(16)17/h1-7,14,19H,8,18H2. The van der Waals surface area contributed by atoms with E-state index in [1.54, 1.807) is 18.2 Å². The molecule has 0 amide bonds. The Balaban J connectivity index is 2.13. The molecular weight excluding hydrogens is 253 g/mol. The molecular formula is C14H13F3N2. The minimum absolute atomic E-state index is 0.137. The maximum atomic E-state index is 12.8. The lowest BCUT2D eigenvalue weighted by Gasteiger charge is -2.12. The van der Waals surface area contributed by atoms with Crippen LogP contribution in [0.1, 0.15) is 17.6 Å². The molecule has 2 aromatic rings. The first-order valence-corrected chi connectivity index (χ1v) is 5.72. The average Bonchev–Trinajstić information content (AvgIpc) is 2.39. The lowest BCUT2D eigenvalue weighted by atomic mass is 10.1. The quantitative estimate of drug-likeness (QED) is 0.822. The van der Waals surface area contributed by atoms with E-state index in [0.29, 0.717) is 17.9 Å². The predicted octanol–water partition coefficient (Wildman–Crippen LogP) is 3.96. The van der Waals surface area contributed by atoms with Crippen LogP contribution in [0.2, 0.25) is 0 Å². The van der Waals surface area contributed by atoms with E-state index in [9.17, 15) is 13.2 Å². The third kappa shape index (κ3) is 3.40. The Morgan fingerprint density at radius 2 is 1.74 bits per heavy atom. The van der Waals surface area contributed by atoms with E-state index in [0.717, 1.165) is 5.56 Å². The molecule has 0 heterocycles. The molecule has 2 rings (SSSR count). The summed E-state index contributed by atoms with van der Waals surface area (Å²) in [4.78, 5) is 0. The molecule has 0 radical (unpaired) electrons. The summed E-state index contributed by atoms with van der Waals surface area (Å²) in [5.41, 5.74) is 6.78. The van der Waals surface area contributed by atoms with Crippen molar-refractivity contribution in [3.05, 3.63) is 59.4 Å². The number of hydrogen-bond donors (Lipinski definition) is 2. The average molecular weight is 266 g/mol. The van der Waals surface area contributed by atoms with E-state index < -0.39 is 6.43 Å². The van der Waals surface area contributed by atoms with E-state index in [1.165, 1.54) is 24.3 Å². The molecule has 100 valence electrons. The number of nitrogens with two attached hydrogens (primary N) is 1. The molecule has 0 atom stereocenters. The van der Waals surface area contributed by atoms with E-state index >= 15 is 0 Å². The number of alkyl halides is 2. The number of halogens is 3. The minimum Gasteiger partial charge on any atom is -0.399 e. The third-order valence-corrected chi connectivity index (χ3v) is 2.71. The lowest BCUT2D eigenvalue weighted by Crippen LogP contribution is -2.03. The highest BCUT2D eigenvalue weighted by Crippen LogP contribution is 2.29. The largest absolute Gasteiger partial charge is 0.399 e. The van der Waals surface area contributed by atoms with E-state index in [-0.39, 0.29) is 11.4 Å². The molecule has 3 N–H and O–H groups in total. The maximum absolute atomic E-state index is 12.8. The smallest absolute Gasteiger partial charge is 0.265 e. The Hall–Kier alpha value is -2.17. The second-order valence-electron chi connectivity index (χ2n) is 4.13. The Kier molecular flexibility index (Phi) is 3.94. The van der Waals surface area contributed by atoms with Crippen LogP contribution in [0.3, 0.4) is 0 Å². The summed E-state index contributed by atoms with van der Waals surface area (Å²) < 4.78 is 38.4. The van der Waals surface area contributed by atoms with Crippen molar-refractivity contribution < 1.29 is 13.2 Å². The van der Waals surface area contributed by atoms with Crippen LogP contribution in [-0.2, 0) is 6.54 Å². The number of nitrogens with one attached hydrogen (secondary N) is 1. The van der Waals surface area contributed by atoms with Gasteiger partial charge in [0.2, 0.25) is 0 Å². The van der Waals surface area contributed by atoms with Crippen LogP contribution >= 0.6 is 0 Å². The van der Waals surface area contributed by atoms with Gasteiger partial charge in [-0.2, -0.15) is 0 Å². The van der Waals surface area contributed by atoms with Gasteiger partial charge in [-0.1, -0.05) is 12.1 Å². The van der Waals surface area contributed by atoms with E-state index in [1.807, 2.05) is 0 Å². The first-order valence-electron chi connectivity index (χ1n) is 5.72. The number of hydrogen-bond acceptors (Lipinski definition) is 2. The first kappa shape index (κ1) is 13.3. The fourth-order valence-corrected chi connectivity index (χ4v) is 1.72. The normalized spacial score (nSPS) is 10.7. The van der Waals surface area contributed by atoms with Crippen molar-refractivity contribution in [2.45, 2.75) is 13.0 Å². The number of benzene rings is 2. The van der Waals surface area contributed by atoms with Gasteiger partial charge in [-0.3, -0.25) is 0 Å². The Morgan fingerprint density at radius 3 is 2.37 bits per heavy atom. The zero-order valence-electron chi connectivity index (χ0n) is 10.0. The molecule has 0 bridgehead atoms. The highest BCUT2D eigenvalue weighted by molar-refractivity contribution is 5.58. The molecule has 5 heteroatoms. The van der Waals surface area contributed by atoms with Crippen molar-refractivity contribution in [3.63, 3.8) is 0 Å². The molecule has 2 aromatic carbocycles. The monoisotopic (exact) mass is 266 g/mol. The molecule has 0 aliphatic heterocycles. The fourth-order valence-electron chi connectivity index (χ4n) is 1.72. The van der Waals surface area contributed by atoms with Crippen molar-refractivity contribution in [3.8, 4) is 0 Å². The summed E-state index contributed by atoms with van der Waals surface area (Å²) in [5.74, 6) is -0.329. The van der Waals surface area contributed by atoms with Crippen molar-refractivity contribution in [2.24, 2.45) is 0 Å². The summed E-state index contributed by atoms with van der Waals surface area (Å²) >= 11 is 0. The molecule has 2 nitrogen and oxygen atoms in total.